The second-order valence-corrected chi connectivity index (χ2v) is 10.4. The normalized spacial score (nSPS) is 24.2. The molecule has 3 amide bonds. The number of carbonyl (C=O) groups excluding carboxylic acids is 3. The zero-order chi connectivity index (χ0) is 26.6. The number of hydrogen-bond acceptors (Lipinski definition) is 8. The van der Waals surface area contributed by atoms with E-state index in [4.69, 9.17) is 4.74 Å². The van der Waals surface area contributed by atoms with E-state index in [1.807, 2.05) is 18.0 Å². The van der Waals surface area contributed by atoms with Gasteiger partial charge in [0.25, 0.3) is 0 Å². The number of likely N-dealkylation sites (N-methyl/N-ethyl adjacent to an activating group) is 1. The third-order valence-electron chi connectivity index (χ3n) is 7.55. The van der Waals surface area contributed by atoms with Gasteiger partial charge in [-0.05, 0) is 26.0 Å². The molecule has 7 rings (SSSR count). The summed E-state index contributed by atoms with van der Waals surface area (Å²) in [4.78, 5) is 51.4. The van der Waals surface area contributed by atoms with Gasteiger partial charge in [-0.1, -0.05) is 0 Å². The van der Waals surface area contributed by atoms with Gasteiger partial charge in [-0.25, -0.2) is 19.2 Å². The number of piperazine rings is 1. The van der Waals surface area contributed by atoms with Gasteiger partial charge < -0.3 is 9.64 Å². The summed E-state index contributed by atoms with van der Waals surface area (Å²) < 4.78 is 21.5. The number of ether oxygens (including phenoxy) is 1. The van der Waals surface area contributed by atoms with Crippen molar-refractivity contribution in [2.24, 2.45) is 0 Å². The first-order valence-electron chi connectivity index (χ1n) is 12.6. The fourth-order valence-corrected chi connectivity index (χ4v) is 5.25. The molecule has 5 aliphatic rings. The number of halogens is 1. The number of aromatic nitrogens is 2. The number of amides is 3. The molecule has 5 heterocycles. The van der Waals surface area contributed by atoms with Gasteiger partial charge in [0.15, 0.2) is 6.29 Å². The molecule has 0 aromatic carbocycles. The van der Waals surface area contributed by atoms with Gasteiger partial charge in [0.2, 0.25) is 5.91 Å². The Kier molecular flexibility index (Phi) is 5.75. The number of nitrogens with one attached hydrogen (secondary N) is 1. The number of aldehydes is 1. The fraction of sp³-hybridized carbons (Fsp3) is 0.462. The smallest absolute Gasteiger partial charge is 0.328 e. The molecule has 2 aromatic heterocycles. The van der Waals surface area contributed by atoms with Crippen molar-refractivity contribution in [3.8, 4) is 11.8 Å². The second-order valence-electron chi connectivity index (χ2n) is 10.4. The Morgan fingerprint density at radius 2 is 2.13 bits per heavy atom. The number of anilines is 2. The lowest BCUT2D eigenvalue weighted by Crippen LogP contribution is -2.60. The van der Waals surface area contributed by atoms with Crippen LogP contribution in [0.15, 0.2) is 18.3 Å². The number of nitriles is 1. The molecule has 1 N–H and O–H groups in total. The molecule has 0 radical (unpaired) electrons. The van der Waals surface area contributed by atoms with Crippen molar-refractivity contribution >= 4 is 29.9 Å². The van der Waals surface area contributed by atoms with Crippen LogP contribution in [-0.4, -0.2) is 76.8 Å². The average Bonchev–Trinajstić information content (AvgIpc) is 3.69. The van der Waals surface area contributed by atoms with Crippen LogP contribution < -0.4 is 15.0 Å². The van der Waals surface area contributed by atoms with Crippen molar-refractivity contribution in [1.29, 1.82) is 5.26 Å². The lowest BCUT2D eigenvalue weighted by molar-refractivity contribution is -0.136. The van der Waals surface area contributed by atoms with Crippen molar-refractivity contribution in [1.82, 2.24) is 19.8 Å². The summed E-state index contributed by atoms with van der Waals surface area (Å²) in [7, 11) is 1.86. The Morgan fingerprint density at radius 3 is 2.82 bits per heavy atom. The average molecular weight is 520 g/mol. The molecular formula is C26H26FN7O4. The molecule has 1 saturated heterocycles. The summed E-state index contributed by atoms with van der Waals surface area (Å²) >= 11 is 0. The van der Waals surface area contributed by atoms with Crippen molar-refractivity contribution < 1.29 is 23.5 Å². The zero-order valence-electron chi connectivity index (χ0n) is 20.8. The monoisotopic (exact) mass is 519 g/mol. The van der Waals surface area contributed by atoms with Gasteiger partial charge in [-0.2, -0.15) is 5.26 Å². The Labute approximate surface area is 218 Å². The molecule has 0 unspecified atom stereocenters. The van der Waals surface area contributed by atoms with E-state index < -0.39 is 17.7 Å². The number of pyridine rings is 2. The predicted molar refractivity (Wildman–Crippen MR) is 132 cm³/mol. The van der Waals surface area contributed by atoms with E-state index in [1.54, 1.807) is 11.0 Å². The molecule has 0 atom stereocenters. The van der Waals surface area contributed by atoms with E-state index >= 15 is 4.39 Å². The van der Waals surface area contributed by atoms with Crippen LogP contribution in [0.3, 0.4) is 0 Å². The van der Waals surface area contributed by atoms with E-state index in [0.29, 0.717) is 30.7 Å². The zero-order valence-corrected chi connectivity index (χ0v) is 20.8. The largest absolute Gasteiger partial charge is 0.489 e. The summed E-state index contributed by atoms with van der Waals surface area (Å²) in [5.41, 5.74) is -0.625. The van der Waals surface area contributed by atoms with E-state index in [2.05, 4.69) is 15.3 Å². The summed E-state index contributed by atoms with van der Waals surface area (Å²) in [6, 6.07) is 4.12. The molecule has 2 aromatic rings. The van der Waals surface area contributed by atoms with Crippen LogP contribution in [-0.2, 0) is 17.0 Å². The Balaban J connectivity index is 1.28. The van der Waals surface area contributed by atoms with Gasteiger partial charge in [-0.15, -0.1) is 0 Å². The molecule has 3 fully saturated rings. The van der Waals surface area contributed by atoms with Crippen molar-refractivity contribution in [3.05, 3.63) is 40.7 Å². The lowest BCUT2D eigenvalue weighted by atomic mass is 9.68. The molecule has 2 bridgehead atoms. The van der Waals surface area contributed by atoms with Gasteiger partial charge in [-0.3, -0.25) is 24.7 Å². The standard InChI is InChI=1S/C26H26FN7O4/c1-32-4-5-33(23(36)13-32)12-15-6-19-24(30-20(15)14-35)34(17-8-26(19,27)9-17)25(37)31-22-7-21(38-18-2-3-18)16(10-28)11-29-22/h6-7,11,14,17-18H,2-5,8-9,12-13H2,1H3,(H,29,31,37). The minimum atomic E-state index is -1.65. The van der Waals surface area contributed by atoms with Crippen LogP contribution in [0.1, 0.15) is 52.9 Å². The Hall–Kier alpha value is -4.11. The highest BCUT2D eigenvalue weighted by atomic mass is 19.1. The van der Waals surface area contributed by atoms with Crippen LogP contribution in [0.2, 0.25) is 0 Å². The van der Waals surface area contributed by atoms with Crippen LogP contribution in [0.25, 0.3) is 0 Å². The lowest BCUT2D eigenvalue weighted by Gasteiger charge is -2.52. The highest BCUT2D eigenvalue weighted by Crippen LogP contribution is 2.56. The first-order valence-corrected chi connectivity index (χ1v) is 12.6. The molecule has 0 spiro atoms. The molecular weight excluding hydrogens is 493 g/mol. The molecule has 38 heavy (non-hydrogen) atoms. The van der Waals surface area contributed by atoms with Crippen molar-refractivity contribution in [2.45, 2.75) is 50.0 Å². The maximum absolute atomic E-state index is 15.7. The van der Waals surface area contributed by atoms with Crippen molar-refractivity contribution in [2.75, 3.05) is 36.9 Å². The van der Waals surface area contributed by atoms with Crippen LogP contribution in [0.5, 0.6) is 5.75 Å². The summed E-state index contributed by atoms with van der Waals surface area (Å²) in [5, 5.41) is 12.1. The number of rotatable bonds is 6. The van der Waals surface area contributed by atoms with Crippen LogP contribution >= 0.6 is 0 Å². The molecule has 2 saturated carbocycles. The summed E-state index contributed by atoms with van der Waals surface area (Å²) in [6.45, 7) is 1.60. The predicted octanol–water partition coefficient (Wildman–Crippen LogP) is 2.36. The van der Waals surface area contributed by atoms with Gasteiger partial charge in [0.05, 0.1) is 18.8 Å². The quantitative estimate of drug-likeness (QED) is 0.576. The number of nitrogens with zero attached hydrogens (tertiary/aromatic N) is 6. The molecule has 3 aliphatic heterocycles. The van der Waals surface area contributed by atoms with E-state index in [9.17, 15) is 19.6 Å². The second kappa shape index (κ2) is 9.02. The minimum absolute atomic E-state index is 0.0518. The molecule has 196 valence electrons. The number of hydrogen-bond donors (Lipinski definition) is 1. The van der Waals surface area contributed by atoms with Crippen LogP contribution in [0.4, 0.5) is 20.8 Å². The first-order chi connectivity index (χ1) is 18.3. The highest BCUT2D eigenvalue weighted by molar-refractivity contribution is 6.03. The Morgan fingerprint density at radius 1 is 1.34 bits per heavy atom. The SMILES string of the molecule is CN1CCN(Cc2cc3c(nc2C=O)N(C(=O)Nc2cc(OC4CC4)c(C#N)cn2)C2CC3(F)C2)C(=O)C1. The third-order valence-corrected chi connectivity index (χ3v) is 7.55. The molecule has 12 heteroatoms. The van der Waals surface area contributed by atoms with Gasteiger partial charge in [0.1, 0.15) is 40.4 Å². The summed E-state index contributed by atoms with van der Waals surface area (Å²) in [5.74, 6) is 0.540. The van der Waals surface area contributed by atoms with E-state index in [1.165, 1.54) is 17.2 Å². The van der Waals surface area contributed by atoms with E-state index in [0.717, 1.165) is 12.8 Å². The first kappa shape index (κ1) is 24.2. The number of urea groups is 1. The third kappa shape index (κ3) is 4.22. The Bertz CT molecular complexity index is 1380. The van der Waals surface area contributed by atoms with Gasteiger partial charge in [0, 0.05) is 55.7 Å². The molecule has 11 nitrogen and oxygen atoms in total. The highest BCUT2D eigenvalue weighted by Gasteiger charge is 2.57. The van der Waals surface area contributed by atoms with E-state index in [-0.39, 0.29) is 66.4 Å². The van der Waals surface area contributed by atoms with Crippen molar-refractivity contribution in [3.63, 3.8) is 0 Å². The number of alkyl halides is 1. The molecule has 2 aliphatic carbocycles. The van der Waals surface area contributed by atoms with Crippen LogP contribution in [0, 0.1) is 11.3 Å². The topological polar surface area (TPSA) is 132 Å². The fourth-order valence-electron chi connectivity index (χ4n) is 5.25. The maximum Gasteiger partial charge on any atom is 0.328 e. The minimum Gasteiger partial charge on any atom is -0.489 e. The maximum atomic E-state index is 15.7. The van der Waals surface area contributed by atoms with Gasteiger partial charge >= 0.3 is 6.03 Å². The summed E-state index contributed by atoms with van der Waals surface area (Å²) in [6.07, 6.45) is 3.99. The number of carbonyl (C=O) groups is 3.